The van der Waals surface area contributed by atoms with Gasteiger partial charge in [-0.25, -0.2) is 8.42 Å². The molecule has 0 spiro atoms. The molecule has 0 aliphatic carbocycles. The highest BCUT2D eigenvalue weighted by atomic mass is 32.2. The number of hydrogen-bond donors (Lipinski definition) is 2. The number of para-hydroxylation sites is 2. The summed E-state index contributed by atoms with van der Waals surface area (Å²) in [7, 11) is -0.0153. The van der Waals surface area contributed by atoms with Crippen LogP contribution in [0.3, 0.4) is 0 Å². The maximum Gasteiger partial charge on any atom is 0.265 e. The number of benzene rings is 1. The highest BCUT2D eigenvalue weighted by molar-refractivity contribution is 7.92. The van der Waals surface area contributed by atoms with Crippen molar-refractivity contribution >= 4 is 21.4 Å². The molecule has 3 N–H and O–H groups in total. The standard InChI is InChI=1S/C14H19N3O3S/c1-10-14(8-11(9-15)20-10)21(18,19)16-12-6-4-5-7-13(12)17(2)3/h4-8,16H,9,15H2,1-3H3. The Labute approximate surface area is 124 Å². The van der Waals surface area contributed by atoms with Gasteiger partial charge < -0.3 is 15.1 Å². The number of rotatable bonds is 5. The Kier molecular flexibility index (Phi) is 4.24. The fraction of sp³-hybridized carbons (Fsp3) is 0.286. The van der Waals surface area contributed by atoms with Gasteiger partial charge in [-0.1, -0.05) is 12.1 Å². The molecule has 0 amide bonds. The Hall–Kier alpha value is -1.99. The van der Waals surface area contributed by atoms with Crippen LogP contribution in [-0.2, 0) is 16.6 Å². The first-order chi connectivity index (χ1) is 9.85. The number of hydrogen-bond acceptors (Lipinski definition) is 5. The predicted octanol–water partition coefficient (Wildman–Crippen LogP) is 1.91. The average Bonchev–Trinajstić information content (AvgIpc) is 2.81. The molecule has 6 nitrogen and oxygen atoms in total. The van der Waals surface area contributed by atoms with Crippen molar-refractivity contribution in [2.24, 2.45) is 5.73 Å². The van der Waals surface area contributed by atoms with E-state index in [9.17, 15) is 8.42 Å². The van der Waals surface area contributed by atoms with Crippen LogP contribution in [-0.4, -0.2) is 22.5 Å². The first kappa shape index (κ1) is 15.4. The summed E-state index contributed by atoms with van der Waals surface area (Å²) < 4.78 is 32.9. The number of sulfonamides is 1. The van der Waals surface area contributed by atoms with E-state index in [4.69, 9.17) is 10.2 Å². The van der Waals surface area contributed by atoms with Gasteiger partial charge in [-0.15, -0.1) is 0 Å². The molecule has 1 heterocycles. The molecule has 0 unspecified atom stereocenters. The van der Waals surface area contributed by atoms with Gasteiger partial charge in [-0.05, 0) is 19.1 Å². The summed E-state index contributed by atoms with van der Waals surface area (Å²) in [5.74, 6) is 0.763. The summed E-state index contributed by atoms with van der Waals surface area (Å²) >= 11 is 0. The molecule has 1 aromatic heterocycles. The van der Waals surface area contributed by atoms with E-state index in [1.54, 1.807) is 19.1 Å². The second kappa shape index (κ2) is 5.79. The van der Waals surface area contributed by atoms with E-state index in [0.717, 1.165) is 5.69 Å². The first-order valence-electron chi connectivity index (χ1n) is 6.43. The molecule has 0 saturated heterocycles. The molecule has 0 aliphatic heterocycles. The monoisotopic (exact) mass is 309 g/mol. The third kappa shape index (κ3) is 3.20. The van der Waals surface area contributed by atoms with E-state index >= 15 is 0 Å². The van der Waals surface area contributed by atoms with Crippen molar-refractivity contribution in [2.75, 3.05) is 23.7 Å². The smallest absolute Gasteiger partial charge is 0.265 e. The Morgan fingerprint density at radius 3 is 2.52 bits per heavy atom. The van der Waals surface area contributed by atoms with Crippen LogP contribution in [0.25, 0.3) is 0 Å². The van der Waals surface area contributed by atoms with Gasteiger partial charge in [0.1, 0.15) is 16.4 Å². The fourth-order valence-electron chi connectivity index (χ4n) is 2.04. The minimum absolute atomic E-state index is 0.108. The van der Waals surface area contributed by atoms with Crippen LogP contribution >= 0.6 is 0 Å². The van der Waals surface area contributed by atoms with Gasteiger partial charge in [0.25, 0.3) is 10.0 Å². The predicted molar refractivity (Wildman–Crippen MR) is 82.9 cm³/mol. The van der Waals surface area contributed by atoms with Crippen LogP contribution in [0, 0.1) is 6.92 Å². The number of aryl methyl sites for hydroxylation is 1. The molecule has 2 rings (SSSR count). The summed E-state index contributed by atoms with van der Waals surface area (Å²) in [6.07, 6.45) is 0. The van der Waals surface area contributed by atoms with Crippen LogP contribution in [0.15, 0.2) is 39.6 Å². The molecule has 114 valence electrons. The molecule has 21 heavy (non-hydrogen) atoms. The van der Waals surface area contributed by atoms with Gasteiger partial charge >= 0.3 is 0 Å². The van der Waals surface area contributed by atoms with Crippen LogP contribution in [0.5, 0.6) is 0 Å². The molecular formula is C14H19N3O3S. The summed E-state index contributed by atoms with van der Waals surface area (Å²) in [6.45, 7) is 1.76. The van der Waals surface area contributed by atoms with Gasteiger partial charge in [0, 0.05) is 20.2 Å². The first-order valence-corrected chi connectivity index (χ1v) is 7.92. The number of furan rings is 1. The van der Waals surface area contributed by atoms with Crippen molar-refractivity contribution in [3.8, 4) is 0 Å². The SMILES string of the molecule is Cc1oc(CN)cc1S(=O)(=O)Nc1ccccc1N(C)C. The molecule has 1 aromatic carbocycles. The third-order valence-corrected chi connectivity index (χ3v) is 4.52. The van der Waals surface area contributed by atoms with E-state index in [1.165, 1.54) is 6.07 Å². The van der Waals surface area contributed by atoms with Gasteiger partial charge in [0.2, 0.25) is 0 Å². The third-order valence-electron chi connectivity index (χ3n) is 3.04. The van der Waals surface area contributed by atoms with E-state index in [-0.39, 0.29) is 11.4 Å². The zero-order valence-electron chi connectivity index (χ0n) is 12.3. The normalized spacial score (nSPS) is 11.4. The van der Waals surface area contributed by atoms with Crippen molar-refractivity contribution < 1.29 is 12.8 Å². The zero-order valence-corrected chi connectivity index (χ0v) is 13.1. The molecular weight excluding hydrogens is 290 g/mol. The lowest BCUT2D eigenvalue weighted by Crippen LogP contribution is -2.17. The highest BCUT2D eigenvalue weighted by Gasteiger charge is 2.22. The number of nitrogens with two attached hydrogens (primary N) is 1. The van der Waals surface area contributed by atoms with E-state index in [0.29, 0.717) is 17.2 Å². The largest absolute Gasteiger partial charge is 0.464 e. The summed E-state index contributed by atoms with van der Waals surface area (Å²) in [4.78, 5) is 1.95. The second-order valence-corrected chi connectivity index (χ2v) is 6.51. The van der Waals surface area contributed by atoms with Gasteiger partial charge in [-0.3, -0.25) is 4.72 Å². The van der Waals surface area contributed by atoms with Crippen molar-refractivity contribution in [3.05, 3.63) is 41.9 Å². The van der Waals surface area contributed by atoms with Crippen molar-refractivity contribution in [1.82, 2.24) is 0 Å². The van der Waals surface area contributed by atoms with Crippen LogP contribution < -0.4 is 15.4 Å². The molecule has 0 fully saturated rings. The van der Waals surface area contributed by atoms with Gasteiger partial charge in [0.15, 0.2) is 0 Å². The molecule has 2 aromatic rings. The Balaban J connectivity index is 2.40. The van der Waals surface area contributed by atoms with E-state index in [1.807, 2.05) is 31.1 Å². The van der Waals surface area contributed by atoms with Crippen molar-refractivity contribution in [2.45, 2.75) is 18.4 Å². The van der Waals surface area contributed by atoms with E-state index < -0.39 is 10.0 Å². The minimum Gasteiger partial charge on any atom is -0.464 e. The lowest BCUT2D eigenvalue weighted by atomic mass is 10.2. The molecule has 7 heteroatoms. The second-order valence-electron chi connectivity index (χ2n) is 4.85. The topological polar surface area (TPSA) is 88.6 Å². The maximum atomic E-state index is 12.5. The van der Waals surface area contributed by atoms with Crippen molar-refractivity contribution in [3.63, 3.8) is 0 Å². The molecule has 0 bridgehead atoms. The lowest BCUT2D eigenvalue weighted by molar-refractivity contribution is 0.479. The maximum absolute atomic E-state index is 12.5. The Morgan fingerprint density at radius 2 is 1.95 bits per heavy atom. The van der Waals surface area contributed by atoms with Crippen LogP contribution in [0.1, 0.15) is 11.5 Å². The minimum atomic E-state index is -3.72. The number of nitrogens with zero attached hydrogens (tertiary/aromatic N) is 1. The van der Waals surface area contributed by atoms with Crippen LogP contribution in [0.4, 0.5) is 11.4 Å². The van der Waals surface area contributed by atoms with E-state index in [2.05, 4.69) is 4.72 Å². The number of anilines is 2. The molecule has 0 aliphatic rings. The quantitative estimate of drug-likeness (QED) is 0.881. The highest BCUT2D eigenvalue weighted by Crippen LogP contribution is 2.28. The zero-order chi connectivity index (χ0) is 15.6. The molecule has 0 atom stereocenters. The lowest BCUT2D eigenvalue weighted by Gasteiger charge is -2.18. The van der Waals surface area contributed by atoms with Gasteiger partial charge in [0.05, 0.1) is 17.9 Å². The Bertz CT molecular complexity index is 736. The molecule has 0 saturated carbocycles. The fourth-order valence-corrected chi connectivity index (χ4v) is 3.32. The average molecular weight is 309 g/mol. The van der Waals surface area contributed by atoms with Crippen molar-refractivity contribution in [1.29, 1.82) is 0 Å². The summed E-state index contributed by atoms with van der Waals surface area (Å²) in [6, 6.07) is 8.63. The molecule has 0 radical (unpaired) electrons. The Morgan fingerprint density at radius 1 is 1.29 bits per heavy atom. The van der Waals surface area contributed by atoms with Crippen LogP contribution in [0.2, 0.25) is 0 Å². The summed E-state index contributed by atoms with van der Waals surface area (Å²) in [5, 5.41) is 0. The number of nitrogens with one attached hydrogen (secondary N) is 1. The summed E-state index contributed by atoms with van der Waals surface area (Å²) in [5.41, 5.74) is 6.77. The van der Waals surface area contributed by atoms with Gasteiger partial charge in [-0.2, -0.15) is 0 Å².